The maximum Gasteiger partial charge on any atom is 0.410 e. The Kier molecular flexibility index (Phi) is 6.37. The van der Waals surface area contributed by atoms with Gasteiger partial charge in [-0.05, 0) is 44.5 Å². The van der Waals surface area contributed by atoms with Crippen LogP contribution in [0, 0.1) is 0 Å². The summed E-state index contributed by atoms with van der Waals surface area (Å²) < 4.78 is 18.7. The molecule has 10 heteroatoms. The first-order valence-corrected chi connectivity index (χ1v) is 11.9. The largest absolute Gasteiger partial charge is 0.493 e. The number of halogens is 1. The molecule has 182 valence electrons. The van der Waals surface area contributed by atoms with Crippen LogP contribution in [0.4, 0.5) is 16.6 Å². The lowest BCUT2D eigenvalue weighted by Gasteiger charge is -2.42. The third-order valence-electron chi connectivity index (χ3n) is 5.86. The number of rotatable bonds is 3. The number of anilines is 2. The summed E-state index contributed by atoms with van der Waals surface area (Å²) in [5.41, 5.74) is 13.2. The summed E-state index contributed by atoms with van der Waals surface area (Å²) in [6.07, 6.45) is 5.24. The predicted octanol–water partition coefficient (Wildman–Crippen LogP) is 4.14. The molecule has 1 amide bonds. The summed E-state index contributed by atoms with van der Waals surface area (Å²) in [5.74, 6) is 1.80. The average Bonchev–Trinajstić information content (AvgIpc) is 2.75. The highest BCUT2D eigenvalue weighted by Gasteiger charge is 2.41. The molecule has 4 rings (SSSR count). The van der Waals surface area contributed by atoms with E-state index in [-0.39, 0.29) is 12.0 Å². The minimum absolute atomic E-state index is 0.145. The lowest BCUT2D eigenvalue weighted by molar-refractivity contribution is -0.00167. The minimum Gasteiger partial charge on any atom is -0.493 e. The van der Waals surface area contributed by atoms with E-state index in [0.29, 0.717) is 49.7 Å². The number of hydrogen-bond acceptors (Lipinski definition) is 8. The van der Waals surface area contributed by atoms with E-state index in [1.807, 2.05) is 32.9 Å². The molecule has 0 bridgehead atoms. The maximum absolute atomic E-state index is 12.5. The molecule has 2 aromatic rings. The van der Waals surface area contributed by atoms with Crippen molar-refractivity contribution in [2.24, 2.45) is 0 Å². The lowest BCUT2D eigenvalue weighted by atomic mass is 9.87. The third-order valence-corrected chi connectivity index (χ3v) is 6.52. The molecule has 0 saturated carbocycles. The van der Waals surface area contributed by atoms with Crippen molar-refractivity contribution >= 4 is 38.3 Å². The Labute approximate surface area is 207 Å². The Bertz CT molecular complexity index is 1140. The number of carbonyl (C=O) groups excluding carboxylic acids is 1. The number of likely N-dealkylation sites (tertiary alicyclic amines) is 1. The molecular formula is C24H30BrN5O4. The van der Waals surface area contributed by atoms with Crippen molar-refractivity contribution in [3.8, 4) is 11.5 Å². The van der Waals surface area contributed by atoms with Gasteiger partial charge in [-0.2, -0.15) is 4.98 Å². The van der Waals surface area contributed by atoms with Crippen molar-refractivity contribution in [1.29, 1.82) is 0 Å². The summed E-state index contributed by atoms with van der Waals surface area (Å²) in [5, 5.41) is 0. The molecule has 1 saturated heterocycles. The number of carbonyl (C=O) groups is 1. The number of piperidine rings is 1. The van der Waals surface area contributed by atoms with Gasteiger partial charge in [-0.1, -0.05) is 15.9 Å². The molecule has 4 N–H and O–H groups in total. The van der Waals surface area contributed by atoms with E-state index >= 15 is 0 Å². The van der Waals surface area contributed by atoms with Crippen LogP contribution in [0.25, 0.3) is 4.48 Å². The number of ether oxygens (including phenoxy) is 3. The number of fused-ring (bicyclic) bond motifs is 1. The van der Waals surface area contributed by atoms with Crippen LogP contribution >= 0.6 is 15.9 Å². The zero-order valence-corrected chi connectivity index (χ0v) is 21.4. The molecule has 1 aromatic heterocycles. The number of aromatic nitrogens is 2. The smallest absolute Gasteiger partial charge is 0.410 e. The summed E-state index contributed by atoms with van der Waals surface area (Å²) in [7, 11) is 1.62. The van der Waals surface area contributed by atoms with Gasteiger partial charge >= 0.3 is 6.09 Å². The summed E-state index contributed by atoms with van der Waals surface area (Å²) in [6, 6.07) is 3.97. The first-order valence-electron chi connectivity index (χ1n) is 11.1. The molecule has 1 spiro atoms. The van der Waals surface area contributed by atoms with Crippen molar-refractivity contribution < 1.29 is 19.0 Å². The quantitative estimate of drug-likeness (QED) is 0.604. The second-order valence-electron chi connectivity index (χ2n) is 9.62. The zero-order chi connectivity index (χ0) is 24.7. The highest BCUT2D eigenvalue weighted by molar-refractivity contribution is 9.15. The number of nitrogen functional groups attached to an aromatic ring is 2. The van der Waals surface area contributed by atoms with Crippen molar-refractivity contribution in [2.45, 2.75) is 51.2 Å². The predicted molar refractivity (Wildman–Crippen MR) is 134 cm³/mol. The fourth-order valence-corrected chi connectivity index (χ4v) is 4.88. The number of methoxy groups -OCH3 is 1. The number of amides is 1. The van der Waals surface area contributed by atoms with E-state index in [4.69, 9.17) is 25.7 Å². The molecule has 34 heavy (non-hydrogen) atoms. The minimum atomic E-state index is -0.533. The molecule has 2 aliphatic rings. The number of benzene rings is 1. The van der Waals surface area contributed by atoms with E-state index in [2.05, 4.69) is 32.0 Å². The topological polar surface area (TPSA) is 126 Å². The van der Waals surface area contributed by atoms with E-state index in [1.165, 1.54) is 0 Å². The number of nitrogens with two attached hydrogens (primary N) is 2. The zero-order valence-electron chi connectivity index (χ0n) is 19.9. The highest BCUT2D eigenvalue weighted by atomic mass is 79.9. The molecule has 1 fully saturated rings. The number of nitrogens with zero attached hydrogens (tertiary/aromatic N) is 3. The van der Waals surface area contributed by atoms with Crippen LogP contribution in [0.2, 0.25) is 0 Å². The van der Waals surface area contributed by atoms with Gasteiger partial charge in [0.15, 0.2) is 11.5 Å². The van der Waals surface area contributed by atoms with Gasteiger partial charge in [-0.25, -0.2) is 9.78 Å². The fraction of sp³-hybridized carbons (Fsp3) is 0.458. The van der Waals surface area contributed by atoms with Crippen LogP contribution in [-0.4, -0.2) is 52.4 Å². The van der Waals surface area contributed by atoms with Gasteiger partial charge in [0.25, 0.3) is 0 Å². The average molecular weight is 532 g/mol. The molecule has 0 radical (unpaired) electrons. The van der Waals surface area contributed by atoms with E-state index in [1.54, 1.807) is 18.2 Å². The molecule has 0 unspecified atom stereocenters. The first kappa shape index (κ1) is 24.1. The maximum atomic E-state index is 12.5. The Morgan fingerprint density at radius 3 is 2.59 bits per heavy atom. The Morgan fingerprint density at radius 2 is 1.97 bits per heavy atom. The Morgan fingerprint density at radius 1 is 1.26 bits per heavy atom. The van der Waals surface area contributed by atoms with Gasteiger partial charge in [0, 0.05) is 54.2 Å². The molecule has 9 nitrogen and oxygen atoms in total. The van der Waals surface area contributed by atoms with Crippen LogP contribution in [0.15, 0.2) is 24.4 Å². The van der Waals surface area contributed by atoms with Crippen LogP contribution in [0.3, 0.4) is 0 Å². The van der Waals surface area contributed by atoms with E-state index in [0.717, 1.165) is 21.2 Å². The first-order chi connectivity index (χ1) is 16.0. The second-order valence-corrected chi connectivity index (χ2v) is 10.5. The molecule has 3 heterocycles. The van der Waals surface area contributed by atoms with Crippen LogP contribution < -0.4 is 20.9 Å². The Balaban J connectivity index is 1.56. The molecular weight excluding hydrogens is 502 g/mol. The van der Waals surface area contributed by atoms with Gasteiger partial charge < -0.3 is 30.6 Å². The van der Waals surface area contributed by atoms with Gasteiger partial charge in [-0.3, -0.25) is 0 Å². The van der Waals surface area contributed by atoms with Crippen LogP contribution in [-0.2, 0) is 11.2 Å². The summed E-state index contributed by atoms with van der Waals surface area (Å²) >= 11 is 3.74. The van der Waals surface area contributed by atoms with Crippen LogP contribution in [0.1, 0.15) is 50.3 Å². The second kappa shape index (κ2) is 8.98. The van der Waals surface area contributed by atoms with Gasteiger partial charge in [0.2, 0.25) is 5.95 Å². The Hall–Kier alpha value is -3.01. The summed E-state index contributed by atoms with van der Waals surface area (Å²) in [4.78, 5) is 22.3. The van der Waals surface area contributed by atoms with Gasteiger partial charge in [0.1, 0.15) is 17.0 Å². The van der Waals surface area contributed by atoms with E-state index < -0.39 is 11.2 Å². The molecule has 0 atom stereocenters. The van der Waals surface area contributed by atoms with Crippen LogP contribution in [0.5, 0.6) is 11.5 Å². The highest BCUT2D eigenvalue weighted by Crippen LogP contribution is 2.48. The van der Waals surface area contributed by atoms with Crippen molar-refractivity contribution in [2.75, 3.05) is 31.7 Å². The molecule has 2 aliphatic heterocycles. The normalized spacial score (nSPS) is 17.0. The van der Waals surface area contributed by atoms with Crippen molar-refractivity contribution in [1.82, 2.24) is 14.9 Å². The molecule has 0 aliphatic carbocycles. The molecule has 1 aromatic carbocycles. The third kappa shape index (κ3) is 5.06. The van der Waals surface area contributed by atoms with Crippen molar-refractivity contribution in [3.63, 3.8) is 0 Å². The van der Waals surface area contributed by atoms with Gasteiger partial charge in [0.05, 0.1) is 7.11 Å². The van der Waals surface area contributed by atoms with Gasteiger partial charge in [-0.15, -0.1) is 0 Å². The number of hydrogen-bond donors (Lipinski definition) is 2. The van der Waals surface area contributed by atoms with E-state index in [9.17, 15) is 4.79 Å². The van der Waals surface area contributed by atoms with Crippen molar-refractivity contribution in [3.05, 3.63) is 41.1 Å². The summed E-state index contributed by atoms with van der Waals surface area (Å²) in [6.45, 7) is 6.68. The monoisotopic (exact) mass is 531 g/mol. The fourth-order valence-electron chi connectivity index (χ4n) is 4.17. The standard InChI is InChI=1S/C24H30BrN5O4/c1-23(2,3)34-22(31)30-7-5-24(6-8-30)12-17(25)16-10-14(11-18(32-4)19(16)33-24)9-15-13-28-21(27)29-20(15)26/h10-13H,5-9H2,1-4H3,(H4,26,27,28,29). The SMILES string of the molecule is COc1cc(Cc2cnc(N)nc2N)cc2c1OC1(C=C2Br)CCN(C(=O)OC(C)(C)C)CC1. The lowest BCUT2D eigenvalue weighted by Crippen LogP contribution is -2.50.